The third-order valence-electron chi connectivity index (χ3n) is 6.09. The molecule has 0 amide bonds. The molecule has 2 aromatic rings. The molecule has 26 heavy (non-hydrogen) atoms. The molecule has 5 nitrogen and oxygen atoms in total. The highest BCUT2D eigenvalue weighted by molar-refractivity contribution is 5.78. The molecule has 0 bridgehead atoms. The molecule has 1 atom stereocenters. The largest absolute Gasteiger partial charge is 0.396 e. The van der Waals surface area contributed by atoms with Crippen molar-refractivity contribution in [3.05, 3.63) is 46.2 Å². The average molecular weight is 355 g/mol. The Morgan fingerprint density at radius 2 is 1.92 bits per heavy atom. The lowest BCUT2D eigenvalue weighted by Gasteiger charge is -2.42. The van der Waals surface area contributed by atoms with Crippen LogP contribution < -0.4 is 5.43 Å². The molecule has 4 rings (SSSR count). The van der Waals surface area contributed by atoms with Crippen LogP contribution in [0.3, 0.4) is 0 Å². The molecule has 5 heteroatoms. The van der Waals surface area contributed by atoms with Crippen LogP contribution >= 0.6 is 0 Å². The maximum absolute atomic E-state index is 12.3. The van der Waals surface area contributed by atoms with E-state index >= 15 is 0 Å². The van der Waals surface area contributed by atoms with Crippen molar-refractivity contribution in [3.8, 4) is 0 Å². The van der Waals surface area contributed by atoms with Crippen LogP contribution in [0, 0.1) is 5.92 Å². The first-order valence-corrected chi connectivity index (χ1v) is 9.91. The van der Waals surface area contributed by atoms with Crippen molar-refractivity contribution in [2.45, 2.75) is 38.3 Å². The molecule has 140 valence electrons. The van der Waals surface area contributed by atoms with Crippen LogP contribution in [0.5, 0.6) is 0 Å². The highest BCUT2D eigenvalue weighted by atomic mass is 16.3. The highest BCUT2D eigenvalue weighted by Crippen LogP contribution is 2.23. The molecular weight excluding hydrogens is 326 g/mol. The number of pyridine rings is 1. The molecule has 0 radical (unpaired) electrons. The molecule has 0 saturated carbocycles. The summed E-state index contributed by atoms with van der Waals surface area (Å²) < 4.78 is 0. The molecule has 2 aliphatic rings. The second kappa shape index (κ2) is 7.91. The maximum atomic E-state index is 12.3. The smallest absolute Gasteiger partial charge is 0.189 e. The monoisotopic (exact) mass is 355 g/mol. The molecule has 0 aliphatic carbocycles. The Bertz CT molecular complexity index is 795. The maximum Gasteiger partial charge on any atom is 0.189 e. The van der Waals surface area contributed by atoms with Gasteiger partial charge < -0.3 is 10.1 Å². The molecule has 2 N–H and O–H groups in total. The number of aromatic amines is 1. The van der Waals surface area contributed by atoms with Crippen LogP contribution in [0.1, 0.15) is 31.4 Å². The number of hydrogen-bond acceptors (Lipinski definition) is 4. The van der Waals surface area contributed by atoms with E-state index in [-0.39, 0.29) is 5.43 Å². The minimum Gasteiger partial charge on any atom is -0.396 e. The summed E-state index contributed by atoms with van der Waals surface area (Å²) in [7, 11) is 0. The Balaban J connectivity index is 1.42. The summed E-state index contributed by atoms with van der Waals surface area (Å²) in [6.45, 7) is 5.52. The lowest BCUT2D eigenvalue weighted by atomic mass is 9.94. The van der Waals surface area contributed by atoms with Crippen molar-refractivity contribution < 1.29 is 5.11 Å². The molecule has 1 aromatic carbocycles. The van der Waals surface area contributed by atoms with Gasteiger partial charge in [0, 0.05) is 48.4 Å². The zero-order valence-corrected chi connectivity index (χ0v) is 15.4. The van der Waals surface area contributed by atoms with Crippen LogP contribution in [0.15, 0.2) is 35.1 Å². The zero-order chi connectivity index (χ0) is 17.9. The number of likely N-dealkylation sites (tertiary alicyclic amines) is 2. The van der Waals surface area contributed by atoms with Gasteiger partial charge in [0.2, 0.25) is 0 Å². The molecule has 3 heterocycles. The Kier molecular flexibility index (Phi) is 5.38. The fourth-order valence-corrected chi connectivity index (χ4v) is 4.55. The fraction of sp³-hybridized carbons (Fsp3) is 0.571. The quantitative estimate of drug-likeness (QED) is 0.883. The first kappa shape index (κ1) is 17.7. The van der Waals surface area contributed by atoms with Gasteiger partial charge in [0.15, 0.2) is 5.43 Å². The number of nitrogens with one attached hydrogen (secondary N) is 1. The molecule has 2 saturated heterocycles. The average Bonchev–Trinajstić information content (AvgIpc) is 2.68. The van der Waals surface area contributed by atoms with Crippen LogP contribution in [0.4, 0.5) is 0 Å². The minimum atomic E-state index is 0.106. The topological polar surface area (TPSA) is 59.6 Å². The number of H-pyrrole nitrogens is 1. The molecule has 1 aromatic heterocycles. The summed E-state index contributed by atoms with van der Waals surface area (Å²) >= 11 is 0. The SMILES string of the molecule is O=c1cc(CN2CCCC(N3CCC(CO)CC3)C2)[nH]c2ccccc12. The molecule has 2 aliphatic heterocycles. The van der Waals surface area contributed by atoms with Crippen molar-refractivity contribution in [1.82, 2.24) is 14.8 Å². The van der Waals surface area contributed by atoms with Crippen molar-refractivity contribution in [2.24, 2.45) is 5.92 Å². The predicted octanol–water partition coefficient (Wildman–Crippen LogP) is 2.20. The first-order valence-electron chi connectivity index (χ1n) is 9.91. The van der Waals surface area contributed by atoms with Gasteiger partial charge >= 0.3 is 0 Å². The normalized spacial score (nSPS) is 23.5. The number of nitrogens with zero attached hydrogens (tertiary/aromatic N) is 2. The number of aromatic nitrogens is 1. The molecule has 0 spiro atoms. The second-order valence-corrected chi connectivity index (χ2v) is 7.90. The van der Waals surface area contributed by atoms with E-state index in [9.17, 15) is 9.90 Å². The number of aliphatic hydroxyl groups is 1. The van der Waals surface area contributed by atoms with Gasteiger partial charge in [0.25, 0.3) is 0 Å². The molecule has 1 unspecified atom stereocenters. The van der Waals surface area contributed by atoms with Crippen molar-refractivity contribution in [3.63, 3.8) is 0 Å². The van der Waals surface area contributed by atoms with E-state index < -0.39 is 0 Å². The Morgan fingerprint density at radius 1 is 1.12 bits per heavy atom. The number of piperidine rings is 2. The van der Waals surface area contributed by atoms with E-state index in [1.54, 1.807) is 6.07 Å². The summed E-state index contributed by atoms with van der Waals surface area (Å²) in [6.07, 6.45) is 4.70. The van der Waals surface area contributed by atoms with Gasteiger partial charge in [-0.3, -0.25) is 14.6 Å². The van der Waals surface area contributed by atoms with E-state index in [0.29, 0.717) is 18.6 Å². The van der Waals surface area contributed by atoms with Crippen LogP contribution in [0.2, 0.25) is 0 Å². The molecule has 2 fully saturated rings. The Labute approximate surface area is 154 Å². The summed E-state index contributed by atoms with van der Waals surface area (Å²) in [5, 5.41) is 10.1. The summed E-state index contributed by atoms with van der Waals surface area (Å²) in [4.78, 5) is 20.9. The van der Waals surface area contributed by atoms with Gasteiger partial charge in [-0.25, -0.2) is 0 Å². The number of benzene rings is 1. The van der Waals surface area contributed by atoms with E-state index in [1.165, 1.54) is 12.8 Å². The van der Waals surface area contributed by atoms with Crippen molar-refractivity contribution in [2.75, 3.05) is 32.8 Å². The number of fused-ring (bicyclic) bond motifs is 1. The van der Waals surface area contributed by atoms with Gasteiger partial charge in [0.05, 0.1) is 0 Å². The third kappa shape index (κ3) is 3.85. The summed E-state index contributed by atoms with van der Waals surface area (Å²) in [5.41, 5.74) is 2.04. The van der Waals surface area contributed by atoms with Crippen LogP contribution in [-0.4, -0.2) is 58.7 Å². The number of rotatable bonds is 4. The number of para-hydroxylation sites is 1. The van der Waals surface area contributed by atoms with Gasteiger partial charge in [-0.15, -0.1) is 0 Å². The Morgan fingerprint density at radius 3 is 2.73 bits per heavy atom. The van der Waals surface area contributed by atoms with Gasteiger partial charge in [0.1, 0.15) is 0 Å². The summed E-state index contributed by atoms with van der Waals surface area (Å²) in [6, 6.07) is 10.1. The van der Waals surface area contributed by atoms with E-state index in [2.05, 4.69) is 14.8 Å². The zero-order valence-electron chi connectivity index (χ0n) is 15.4. The number of hydrogen-bond donors (Lipinski definition) is 2. The van der Waals surface area contributed by atoms with Gasteiger partial charge in [-0.05, 0) is 63.4 Å². The van der Waals surface area contributed by atoms with Gasteiger partial charge in [-0.1, -0.05) is 12.1 Å². The highest BCUT2D eigenvalue weighted by Gasteiger charge is 2.28. The predicted molar refractivity (Wildman–Crippen MR) is 104 cm³/mol. The fourth-order valence-electron chi connectivity index (χ4n) is 4.55. The van der Waals surface area contributed by atoms with Crippen LogP contribution in [0.25, 0.3) is 10.9 Å². The molecular formula is C21H29N3O2. The van der Waals surface area contributed by atoms with Gasteiger partial charge in [-0.2, -0.15) is 0 Å². The first-order chi connectivity index (χ1) is 12.7. The second-order valence-electron chi connectivity index (χ2n) is 7.90. The minimum absolute atomic E-state index is 0.106. The van der Waals surface area contributed by atoms with E-state index in [0.717, 1.165) is 62.2 Å². The summed E-state index contributed by atoms with van der Waals surface area (Å²) in [5.74, 6) is 0.494. The van der Waals surface area contributed by atoms with E-state index in [4.69, 9.17) is 0 Å². The lowest BCUT2D eigenvalue weighted by Crippen LogP contribution is -2.50. The van der Waals surface area contributed by atoms with Crippen LogP contribution in [-0.2, 0) is 6.54 Å². The van der Waals surface area contributed by atoms with E-state index in [1.807, 2.05) is 24.3 Å². The number of aliphatic hydroxyl groups excluding tert-OH is 1. The Hall–Kier alpha value is -1.69. The lowest BCUT2D eigenvalue weighted by molar-refractivity contribution is 0.0540. The third-order valence-corrected chi connectivity index (χ3v) is 6.09. The standard InChI is InChI=1S/C21H29N3O2/c25-15-16-7-10-24(11-8-16)18-4-3-9-23(14-18)13-17-12-21(26)19-5-1-2-6-20(19)22-17/h1-2,5-6,12,16,18,25H,3-4,7-11,13-15H2,(H,22,26). The van der Waals surface area contributed by atoms with Crippen molar-refractivity contribution in [1.29, 1.82) is 0 Å². The van der Waals surface area contributed by atoms with Crippen molar-refractivity contribution >= 4 is 10.9 Å².